The summed E-state index contributed by atoms with van der Waals surface area (Å²) in [5.74, 6) is -3.15. The van der Waals surface area contributed by atoms with Crippen LogP contribution in [0.4, 0.5) is 0 Å². The molecule has 148 valence electrons. The molecule has 0 radical (unpaired) electrons. The molecule has 0 unspecified atom stereocenters. The zero-order valence-electron chi connectivity index (χ0n) is 15.5. The Morgan fingerprint density at radius 1 is 0.645 bits per heavy atom. The Kier molecular flexibility index (Phi) is 4.20. The average Bonchev–Trinajstić information content (AvgIpc) is 3.21. The first-order valence-corrected chi connectivity index (χ1v) is 9.80. The van der Waals surface area contributed by atoms with Gasteiger partial charge in [-0.1, -0.05) is 30.0 Å². The number of fused-ring (bicyclic) bond motifs is 2. The molecular formula is C23H9NO6S. The van der Waals surface area contributed by atoms with Gasteiger partial charge >= 0.3 is 23.9 Å². The molecule has 5 rings (SSSR count). The van der Waals surface area contributed by atoms with E-state index in [2.05, 4.69) is 4.74 Å². The average molecular weight is 427 g/mol. The fraction of sp³-hybridized carbons (Fsp3) is 0. The van der Waals surface area contributed by atoms with Gasteiger partial charge in [-0.25, -0.2) is 19.2 Å². The van der Waals surface area contributed by atoms with Gasteiger partial charge < -0.3 is 9.47 Å². The molecule has 0 bridgehead atoms. The molecule has 2 aliphatic rings. The van der Waals surface area contributed by atoms with Gasteiger partial charge in [0, 0.05) is 15.4 Å². The van der Waals surface area contributed by atoms with Crippen molar-refractivity contribution < 1.29 is 28.7 Å². The van der Waals surface area contributed by atoms with Gasteiger partial charge in [0.2, 0.25) is 0 Å². The number of carbonyl (C=O) groups is 4. The Labute approximate surface area is 179 Å². The van der Waals surface area contributed by atoms with Gasteiger partial charge in [-0.15, -0.1) is 0 Å². The highest BCUT2D eigenvalue weighted by atomic mass is 32.2. The van der Waals surface area contributed by atoms with Crippen LogP contribution in [0.25, 0.3) is 11.1 Å². The number of hydrogen-bond acceptors (Lipinski definition) is 8. The molecule has 7 nitrogen and oxygen atoms in total. The number of nitrogens with zero attached hydrogens (tertiary/aromatic N) is 1. The lowest BCUT2D eigenvalue weighted by molar-refractivity contribution is 0.0425. The fourth-order valence-corrected chi connectivity index (χ4v) is 4.47. The largest absolute Gasteiger partial charge is 0.386 e. The molecule has 2 aliphatic heterocycles. The lowest BCUT2D eigenvalue weighted by Gasteiger charge is -2.13. The van der Waals surface area contributed by atoms with Crippen LogP contribution in [0.15, 0.2) is 64.4 Å². The van der Waals surface area contributed by atoms with E-state index in [9.17, 15) is 24.4 Å². The molecule has 3 aromatic carbocycles. The minimum atomic E-state index is -0.815. The van der Waals surface area contributed by atoms with Crippen LogP contribution in [0, 0.1) is 11.3 Å². The van der Waals surface area contributed by atoms with Gasteiger partial charge in [0.05, 0.1) is 33.9 Å². The molecule has 0 amide bonds. The predicted octanol–water partition coefficient (Wildman–Crippen LogP) is 4.00. The van der Waals surface area contributed by atoms with E-state index in [0.717, 1.165) is 4.90 Å². The quantitative estimate of drug-likeness (QED) is 0.456. The maximum Gasteiger partial charge on any atom is 0.346 e. The van der Waals surface area contributed by atoms with E-state index >= 15 is 0 Å². The fourth-order valence-electron chi connectivity index (χ4n) is 3.47. The van der Waals surface area contributed by atoms with Crippen molar-refractivity contribution in [3.05, 3.63) is 82.4 Å². The number of rotatable bonds is 3. The third kappa shape index (κ3) is 2.99. The van der Waals surface area contributed by atoms with Crippen molar-refractivity contribution in [2.45, 2.75) is 9.79 Å². The van der Waals surface area contributed by atoms with Crippen LogP contribution in [-0.2, 0) is 9.47 Å². The summed E-state index contributed by atoms with van der Waals surface area (Å²) in [6.07, 6.45) is 0. The molecule has 0 aromatic heterocycles. The van der Waals surface area contributed by atoms with E-state index in [0.29, 0.717) is 16.0 Å². The number of ether oxygens (including phenoxy) is 2. The van der Waals surface area contributed by atoms with Crippen molar-refractivity contribution in [3.8, 4) is 17.2 Å². The molecule has 0 spiro atoms. The molecule has 0 N–H and O–H groups in total. The van der Waals surface area contributed by atoms with Gasteiger partial charge in [-0.3, -0.25) is 0 Å². The van der Waals surface area contributed by atoms with Gasteiger partial charge in [0.15, 0.2) is 0 Å². The molecule has 0 fully saturated rings. The number of benzene rings is 3. The van der Waals surface area contributed by atoms with Crippen molar-refractivity contribution in [3.63, 3.8) is 0 Å². The molecular weight excluding hydrogens is 418 g/mol. The first-order chi connectivity index (χ1) is 15.0. The summed E-state index contributed by atoms with van der Waals surface area (Å²) in [5.41, 5.74) is 1.15. The molecule has 0 atom stereocenters. The zero-order valence-corrected chi connectivity index (χ0v) is 16.3. The number of esters is 4. The van der Waals surface area contributed by atoms with Crippen molar-refractivity contribution in [1.82, 2.24) is 0 Å². The Hall–Kier alpha value is -4.22. The lowest BCUT2D eigenvalue weighted by Crippen LogP contribution is -1.99. The second kappa shape index (κ2) is 6.93. The van der Waals surface area contributed by atoms with Crippen LogP contribution >= 0.6 is 11.8 Å². The van der Waals surface area contributed by atoms with E-state index in [1.807, 2.05) is 36.4 Å². The molecule has 31 heavy (non-hydrogen) atoms. The molecule has 0 aliphatic carbocycles. The maximum absolute atomic E-state index is 12.1. The highest BCUT2D eigenvalue weighted by Gasteiger charge is 2.34. The first kappa shape index (κ1) is 18.8. The number of cyclic esters (lactones) is 4. The molecule has 2 heterocycles. The highest BCUT2D eigenvalue weighted by molar-refractivity contribution is 7.99. The van der Waals surface area contributed by atoms with Crippen molar-refractivity contribution in [1.29, 1.82) is 5.26 Å². The van der Waals surface area contributed by atoms with E-state index < -0.39 is 23.9 Å². The summed E-state index contributed by atoms with van der Waals surface area (Å²) in [6, 6.07) is 17.0. The highest BCUT2D eigenvalue weighted by Crippen LogP contribution is 2.41. The number of carbonyl (C=O) groups excluding carboxylic acids is 4. The molecule has 0 saturated heterocycles. The monoisotopic (exact) mass is 427 g/mol. The van der Waals surface area contributed by atoms with Crippen molar-refractivity contribution in [2.24, 2.45) is 0 Å². The van der Waals surface area contributed by atoms with Crippen LogP contribution in [0.2, 0.25) is 0 Å². The molecule has 8 heteroatoms. The third-order valence-corrected chi connectivity index (χ3v) is 5.98. The minimum absolute atomic E-state index is 0.0123. The normalized spacial score (nSPS) is 14.0. The van der Waals surface area contributed by atoms with E-state index in [1.165, 1.54) is 36.0 Å². The Morgan fingerprint density at radius 3 is 1.74 bits per heavy atom. The zero-order chi connectivity index (χ0) is 21.7. The summed E-state index contributed by atoms with van der Waals surface area (Å²) in [4.78, 5) is 49.6. The second-order valence-corrected chi connectivity index (χ2v) is 7.83. The van der Waals surface area contributed by atoms with Crippen LogP contribution in [0.1, 0.15) is 47.0 Å². The Bertz CT molecular complexity index is 1390. The number of nitriles is 1. The van der Waals surface area contributed by atoms with Crippen molar-refractivity contribution >= 4 is 35.6 Å². The second-order valence-electron chi connectivity index (χ2n) is 6.72. The van der Waals surface area contributed by atoms with Crippen LogP contribution in [0.5, 0.6) is 0 Å². The summed E-state index contributed by atoms with van der Waals surface area (Å²) in [6.45, 7) is 0. The lowest BCUT2D eigenvalue weighted by atomic mass is 9.93. The minimum Gasteiger partial charge on any atom is -0.386 e. The number of hydrogen-bond donors (Lipinski definition) is 0. The van der Waals surface area contributed by atoms with Crippen LogP contribution in [-0.4, -0.2) is 23.9 Å². The van der Waals surface area contributed by atoms with E-state index in [4.69, 9.17) is 4.74 Å². The topological polar surface area (TPSA) is 111 Å². The summed E-state index contributed by atoms with van der Waals surface area (Å²) < 4.78 is 9.36. The Balaban J connectivity index is 1.77. The predicted molar refractivity (Wildman–Crippen MR) is 107 cm³/mol. The van der Waals surface area contributed by atoms with Gasteiger partial charge in [-0.2, -0.15) is 5.26 Å². The first-order valence-electron chi connectivity index (χ1n) is 8.98. The summed E-state index contributed by atoms with van der Waals surface area (Å²) >= 11 is 1.32. The third-order valence-electron chi connectivity index (χ3n) is 4.91. The summed E-state index contributed by atoms with van der Waals surface area (Å²) in [5, 5.41) is 9.69. The van der Waals surface area contributed by atoms with Crippen LogP contribution in [0.3, 0.4) is 0 Å². The van der Waals surface area contributed by atoms with Gasteiger partial charge in [0.1, 0.15) is 0 Å². The maximum atomic E-state index is 12.1. The van der Waals surface area contributed by atoms with Gasteiger partial charge in [0.25, 0.3) is 0 Å². The standard InChI is InChI=1S/C23H9NO6S/c24-10-11-6-15-16(21(26)29-20(15)25)7-13(11)14-8-17-18(23(28)30-22(17)27)9-19(14)31-12-4-2-1-3-5-12/h1-9H. The van der Waals surface area contributed by atoms with Crippen molar-refractivity contribution in [2.75, 3.05) is 0 Å². The summed E-state index contributed by atoms with van der Waals surface area (Å²) in [7, 11) is 0. The molecule has 0 saturated carbocycles. The SMILES string of the molecule is N#Cc1cc2c(cc1-c1cc3c(cc1Sc1ccccc1)C(=O)OC3=O)C(=O)OC2=O. The molecule has 3 aromatic rings. The van der Waals surface area contributed by atoms with E-state index in [1.54, 1.807) is 0 Å². The van der Waals surface area contributed by atoms with Gasteiger partial charge in [-0.05, 0) is 42.0 Å². The Morgan fingerprint density at radius 2 is 1.16 bits per heavy atom. The van der Waals surface area contributed by atoms with E-state index in [-0.39, 0.29) is 27.8 Å². The van der Waals surface area contributed by atoms with Crippen LogP contribution < -0.4 is 0 Å². The smallest absolute Gasteiger partial charge is 0.346 e.